The van der Waals surface area contributed by atoms with Crippen LogP contribution in [0, 0.1) is 0 Å². The Morgan fingerprint density at radius 3 is 2.69 bits per heavy atom. The van der Waals surface area contributed by atoms with Gasteiger partial charge in [-0.05, 0) is 19.9 Å². The maximum absolute atomic E-state index is 12.3. The summed E-state index contributed by atoms with van der Waals surface area (Å²) >= 11 is 1.44. The van der Waals surface area contributed by atoms with Gasteiger partial charge < -0.3 is 9.80 Å². The van der Waals surface area contributed by atoms with Crippen molar-refractivity contribution < 1.29 is 4.79 Å². The summed E-state index contributed by atoms with van der Waals surface area (Å²) in [6.45, 7) is 2.03. The van der Waals surface area contributed by atoms with Gasteiger partial charge in [0.2, 0.25) is 0 Å². The fourth-order valence-electron chi connectivity index (χ4n) is 2.89. The molecule has 0 radical (unpaired) electrons. The number of hydrogen-bond acceptors (Lipinski definition) is 4. The molecule has 2 saturated heterocycles. The molecule has 2 aliphatic heterocycles. The van der Waals surface area contributed by atoms with Crippen LogP contribution in [-0.2, 0) is 0 Å². The lowest BCUT2D eigenvalue weighted by Gasteiger charge is -2.39. The average molecular weight is 237 g/mol. The molecule has 1 aromatic rings. The van der Waals surface area contributed by atoms with E-state index < -0.39 is 0 Å². The highest BCUT2D eigenvalue weighted by atomic mass is 32.1. The Labute approximate surface area is 98.9 Å². The van der Waals surface area contributed by atoms with Crippen molar-refractivity contribution in [3.63, 3.8) is 0 Å². The number of nitrogens with zero attached hydrogens (tertiary/aromatic N) is 3. The van der Waals surface area contributed by atoms with Crippen molar-refractivity contribution in [2.24, 2.45) is 0 Å². The SMILES string of the molecule is CN1CC2CCC(C1)N2C(=O)c1cncs1. The van der Waals surface area contributed by atoms with E-state index in [1.54, 1.807) is 11.7 Å². The Hall–Kier alpha value is -0.940. The van der Waals surface area contributed by atoms with Crippen molar-refractivity contribution in [3.8, 4) is 0 Å². The number of fused-ring (bicyclic) bond motifs is 2. The van der Waals surface area contributed by atoms with Gasteiger partial charge in [0.25, 0.3) is 5.91 Å². The molecule has 2 unspecified atom stereocenters. The smallest absolute Gasteiger partial charge is 0.266 e. The number of aromatic nitrogens is 1. The molecule has 0 aromatic carbocycles. The highest BCUT2D eigenvalue weighted by molar-refractivity contribution is 7.11. The zero-order chi connectivity index (χ0) is 11.1. The van der Waals surface area contributed by atoms with Gasteiger partial charge in [0.1, 0.15) is 4.88 Å². The number of likely N-dealkylation sites (N-methyl/N-ethyl adjacent to an activating group) is 1. The van der Waals surface area contributed by atoms with Crippen LogP contribution in [0.25, 0.3) is 0 Å². The Bertz CT molecular complexity index is 378. The van der Waals surface area contributed by atoms with Crippen molar-refractivity contribution in [3.05, 3.63) is 16.6 Å². The molecule has 2 fully saturated rings. The van der Waals surface area contributed by atoms with Crippen LogP contribution in [0.1, 0.15) is 22.5 Å². The van der Waals surface area contributed by atoms with Gasteiger partial charge in [-0.3, -0.25) is 9.78 Å². The second-order valence-corrected chi connectivity index (χ2v) is 5.57. The van der Waals surface area contributed by atoms with E-state index in [9.17, 15) is 4.79 Å². The monoisotopic (exact) mass is 237 g/mol. The molecule has 86 valence electrons. The molecule has 16 heavy (non-hydrogen) atoms. The number of hydrogen-bond donors (Lipinski definition) is 0. The van der Waals surface area contributed by atoms with Gasteiger partial charge in [0.05, 0.1) is 11.7 Å². The van der Waals surface area contributed by atoms with Crippen LogP contribution in [0.3, 0.4) is 0 Å². The molecule has 0 N–H and O–H groups in total. The molecule has 1 aromatic heterocycles. The molecule has 0 spiro atoms. The van der Waals surface area contributed by atoms with Gasteiger partial charge in [-0.2, -0.15) is 0 Å². The predicted octanol–water partition coefficient (Wildman–Crippen LogP) is 1.06. The second kappa shape index (κ2) is 3.82. The van der Waals surface area contributed by atoms with E-state index in [0.717, 1.165) is 30.8 Å². The first-order valence-electron chi connectivity index (χ1n) is 5.65. The lowest BCUT2D eigenvalue weighted by atomic mass is 10.2. The molecule has 1 amide bonds. The van der Waals surface area contributed by atoms with Crippen LogP contribution >= 0.6 is 11.3 Å². The zero-order valence-electron chi connectivity index (χ0n) is 9.30. The van der Waals surface area contributed by atoms with Gasteiger partial charge in [-0.25, -0.2) is 0 Å². The van der Waals surface area contributed by atoms with Crippen molar-refractivity contribution in [2.75, 3.05) is 20.1 Å². The summed E-state index contributed by atoms with van der Waals surface area (Å²) in [7, 11) is 2.14. The number of likely N-dealkylation sites (tertiary alicyclic amines) is 1. The Morgan fingerprint density at radius 2 is 2.12 bits per heavy atom. The summed E-state index contributed by atoms with van der Waals surface area (Å²) in [5, 5.41) is 0. The first-order valence-corrected chi connectivity index (χ1v) is 6.53. The molecule has 4 nitrogen and oxygen atoms in total. The summed E-state index contributed by atoms with van der Waals surface area (Å²) in [6.07, 6.45) is 3.99. The van der Waals surface area contributed by atoms with Crippen LogP contribution in [0.2, 0.25) is 0 Å². The zero-order valence-corrected chi connectivity index (χ0v) is 10.1. The molecule has 0 aliphatic carbocycles. The van der Waals surface area contributed by atoms with E-state index in [1.165, 1.54) is 11.3 Å². The molecule has 5 heteroatoms. The molecule has 0 saturated carbocycles. The summed E-state index contributed by atoms with van der Waals surface area (Å²) in [4.78, 5) is 21.5. The first kappa shape index (κ1) is 10.2. The largest absolute Gasteiger partial charge is 0.329 e. The van der Waals surface area contributed by atoms with Crippen LogP contribution < -0.4 is 0 Å². The maximum atomic E-state index is 12.3. The molecule has 3 heterocycles. The number of carbonyl (C=O) groups is 1. The summed E-state index contributed by atoms with van der Waals surface area (Å²) in [5.41, 5.74) is 1.73. The van der Waals surface area contributed by atoms with E-state index in [1.807, 2.05) is 0 Å². The Balaban J connectivity index is 1.84. The van der Waals surface area contributed by atoms with Crippen LogP contribution in [0.5, 0.6) is 0 Å². The number of carbonyl (C=O) groups excluding carboxylic acids is 1. The highest BCUT2D eigenvalue weighted by Gasteiger charge is 2.41. The van der Waals surface area contributed by atoms with Crippen LogP contribution in [0.4, 0.5) is 0 Å². The van der Waals surface area contributed by atoms with Gasteiger partial charge in [0, 0.05) is 25.2 Å². The number of thiazole rings is 1. The molecular weight excluding hydrogens is 222 g/mol. The van der Waals surface area contributed by atoms with Gasteiger partial charge in [0.15, 0.2) is 0 Å². The van der Waals surface area contributed by atoms with Crippen molar-refractivity contribution in [1.82, 2.24) is 14.8 Å². The average Bonchev–Trinajstić information content (AvgIpc) is 2.85. The van der Waals surface area contributed by atoms with E-state index in [4.69, 9.17) is 0 Å². The topological polar surface area (TPSA) is 36.4 Å². The summed E-state index contributed by atoms with van der Waals surface area (Å²) in [6, 6.07) is 0.830. The first-order chi connectivity index (χ1) is 7.75. The maximum Gasteiger partial charge on any atom is 0.266 e. The lowest BCUT2D eigenvalue weighted by molar-refractivity contribution is 0.0477. The van der Waals surface area contributed by atoms with Crippen molar-refractivity contribution in [1.29, 1.82) is 0 Å². The van der Waals surface area contributed by atoms with E-state index in [-0.39, 0.29) is 5.91 Å². The fraction of sp³-hybridized carbons (Fsp3) is 0.636. The third-order valence-electron chi connectivity index (χ3n) is 3.54. The van der Waals surface area contributed by atoms with Gasteiger partial charge >= 0.3 is 0 Å². The lowest BCUT2D eigenvalue weighted by Crippen LogP contribution is -2.54. The third kappa shape index (κ3) is 1.55. The fourth-order valence-corrected chi connectivity index (χ4v) is 3.46. The van der Waals surface area contributed by atoms with Crippen LogP contribution in [-0.4, -0.2) is 52.9 Å². The molecule has 2 aliphatic rings. The normalized spacial score (nSPS) is 29.7. The summed E-state index contributed by atoms with van der Waals surface area (Å²) < 4.78 is 0. The molecule has 2 bridgehead atoms. The second-order valence-electron chi connectivity index (χ2n) is 4.68. The minimum Gasteiger partial charge on any atom is -0.329 e. The molecule has 3 rings (SSSR count). The number of rotatable bonds is 1. The standard InChI is InChI=1S/C11H15N3OS/c1-13-5-8-2-3-9(6-13)14(8)11(15)10-4-12-7-16-10/h4,7-9H,2-3,5-6H2,1H3. The minimum atomic E-state index is 0.183. The quantitative estimate of drug-likeness (QED) is 0.733. The Kier molecular flexibility index (Phi) is 2.44. The minimum absolute atomic E-state index is 0.183. The predicted molar refractivity (Wildman–Crippen MR) is 62.6 cm³/mol. The third-order valence-corrected chi connectivity index (χ3v) is 4.30. The van der Waals surface area contributed by atoms with Crippen molar-refractivity contribution >= 4 is 17.2 Å². The highest BCUT2D eigenvalue weighted by Crippen LogP contribution is 2.31. The Morgan fingerprint density at radius 1 is 1.44 bits per heavy atom. The summed E-state index contributed by atoms with van der Waals surface area (Å²) in [5.74, 6) is 0.183. The van der Waals surface area contributed by atoms with Crippen molar-refractivity contribution in [2.45, 2.75) is 24.9 Å². The van der Waals surface area contributed by atoms with E-state index in [0.29, 0.717) is 12.1 Å². The molecular formula is C11H15N3OS. The van der Waals surface area contributed by atoms with E-state index in [2.05, 4.69) is 21.8 Å². The van der Waals surface area contributed by atoms with Gasteiger partial charge in [-0.15, -0.1) is 11.3 Å². The number of piperazine rings is 1. The van der Waals surface area contributed by atoms with Gasteiger partial charge in [-0.1, -0.05) is 0 Å². The van der Waals surface area contributed by atoms with Crippen LogP contribution in [0.15, 0.2) is 11.7 Å². The molecule has 2 atom stereocenters. The number of amides is 1. The van der Waals surface area contributed by atoms with E-state index >= 15 is 0 Å².